The number of nitrogens with zero attached hydrogens (tertiary/aromatic N) is 3. The Kier molecular flexibility index (Phi) is 5.44. The Bertz CT molecular complexity index is 449. The molecule has 0 aliphatic carbocycles. The van der Waals surface area contributed by atoms with Crippen LogP contribution < -0.4 is 0 Å². The highest BCUT2D eigenvalue weighted by Crippen LogP contribution is 2.27. The minimum Gasteiger partial charge on any atom is -0.376 e. The van der Waals surface area contributed by atoms with Gasteiger partial charge >= 0.3 is 0 Å². The van der Waals surface area contributed by atoms with Gasteiger partial charge in [-0.1, -0.05) is 19.0 Å². The molecule has 0 N–H and O–H groups in total. The number of hydrogen-bond donors (Lipinski definition) is 0. The molecule has 0 bridgehead atoms. The molecule has 3 heterocycles. The van der Waals surface area contributed by atoms with E-state index in [1.807, 2.05) is 0 Å². The SMILES string of the molecule is CC(C)c1noc(C2CCN(CCC3COCCO3)CC2)n1. The van der Waals surface area contributed by atoms with Crippen molar-refractivity contribution in [1.29, 1.82) is 0 Å². The Morgan fingerprint density at radius 2 is 2.05 bits per heavy atom. The van der Waals surface area contributed by atoms with Crippen LogP contribution in [0.25, 0.3) is 0 Å². The Hall–Kier alpha value is -0.980. The molecular formula is C16H27N3O3. The van der Waals surface area contributed by atoms with Crippen molar-refractivity contribution in [2.45, 2.75) is 51.0 Å². The minimum atomic E-state index is 0.274. The number of piperidine rings is 1. The molecule has 6 heteroatoms. The van der Waals surface area contributed by atoms with Gasteiger partial charge in [0.2, 0.25) is 5.89 Å². The lowest BCUT2D eigenvalue weighted by Crippen LogP contribution is -2.37. The van der Waals surface area contributed by atoms with Crippen LogP contribution in [0, 0.1) is 0 Å². The summed E-state index contributed by atoms with van der Waals surface area (Å²) >= 11 is 0. The fourth-order valence-electron chi connectivity index (χ4n) is 3.08. The van der Waals surface area contributed by atoms with E-state index >= 15 is 0 Å². The zero-order valence-electron chi connectivity index (χ0n) is 13.7. The summed E-state index contributed by atoms with van der Waals surface area (Å²) in [6.07, 6.45) is 3.53. The van der Waals surface area contributed by atoms with Gasteiger partial charge in [-0.3, -0.25) is 0 Å². The van der Waals surface area contributed by atoms with Crippen molar-refractivity contribution in [3.63, 3.8) is 0 Å². The maximum atomic E-state index is 5.70. The summed E-state index contributed by atoms with van der Waals surface area (Å²) in [6.45, 7) is 9.68. The largest absolute Gasteiger partial charge is 0.376 e. The van der Waals surface area contributed by atoms with Crippen LogP contribution in [-0.2, 0) is 9.47 Å². The molecule has 0 saturated carbocycles. The van der Waals surface area contributed by atoms with E-state index in [-0.39, 0.29) is 6.10 Å². The first-order valence-corrected chi connectivity index (χ1v) is 8.47. The molecule has 3 rings (SSSR count). The van der Waals surface area contributed by atoms with Crippen LogP contribution in [0.4, 0.5) is 0 Å². The second kappa shape index (κ2) is 7.53. The van der Waals surface area contributed by atoms with Crippen molar-refractivity contribution in [2.24, 2.45) is 0 Å². The summed E-state index contributed by atoms with van der Waals surface area (Å²) in [4.78, 5) is 7.05. The van der Waals surface area contributed by atoms with Crippen LogP contribution in [0.1, 0.15) is 56.7 Å². The van der Waals surface area contributed by atoms with Crippen LogP contribution in [0.15, 0.2) is 4.52 Å². The highest BCUT2D eigenvalue weighted by molar-refractivity contribution is 4.99. The molecule has 0 spiro atoms. The molecule has 2 fully saturated rings. The molecule has 1 atom stereocenters. The van der Waals surface area contributed by atoms with E-state index in [4.69, 9.17) is 14.0 Å². The van der Waals surface area contributed by atoms with Gasteiger partial charge in [0.15, 0.2) is 5.82 Å². The third kappa shape index (κ3) is 4.06. The zero-order chi connectivity index (χ0) is 15.4. The smallest absolute Gasteiger partial charge is 0.229 e. The molecule has 0 amide bonds. The van der Waals surface area contributed by atoms with Gasteiger partial charge in [-0.2, -0.15) is 4.98 Å². The summed E-state index contributed by atoms with van der Waals surface area (Å²) in [6, 6.07) is 0. The second-order valence-corrected chi connectivity index (χ2v) is 6.62. The van der Waals surface area contributed by atoms with Gasteiger partial charge in [0.25, 0.3) is 0 Å². The number of ether oxygens (including phenoxy) is 2. The van der Waals surface area contributed by atoms with Gasteiger partial charge in [-0.15, -0.1) is 0 Å². The maximum Gasteiger partial charge on any atom is 0.229 e. The number of hydrogen-bond acceptors (Lipinski definition) is 6. The van der Waals surface area contributed by atoms with Gasteiger partial charge < -0.3 is 18.9 Å². The van der Waals surface area contributed by atoms with Crippen molar-refractivity contribution in [1.82, 2.24) is 15.0 Å². The molecule has 1 aromatic heterocycles. The lowest BCUT2D eigenvalue weighted by Gasteiger charge is -2.32. The van der Waals surface area contributed by atoms with Crippen LogP contribution in [-0.4, -0.2) is 60.6 Å². The molecule has 0 radical (unpaired) electrons. The Labute approximate surface area is 132 Å². The van der Waals surface area contributed by atoms with Gasteiger partial charge in [0.1, 0.15) is 0 Å². The molecule has 0 aromatic carbocycles. The zero-order valence-corrected chi connectivity index (χ0v) is 13.7. The first-order valence-electron chi connectivity index (χ1n) is 8.47. The number of aromatic nitrogens is 2. The standard InChI is InChI=1S/C16H27N3O3/c1-12(2)15-17-16(22-18-15)13-3-6-19(7-4-13)8-5-14-11-20-9-10-21-14/h12-14H,3-11H2,1-2H3. The molecule has 2 aliphatic heterocycles. The highest BCUT2D eigenvalue weighted by atomic mass is 16.6. The first-order chi connectivity index (χ1) is 10.7. The summed E-state index contributed by atoms with van der Waals surface area (Å²) in [5.41, 5.74) is 0. The molecule has 22 heavy (non-hydrogen) atoms. The molecule has 2 aliphatic rings. The normalized spacial score (nSPS) is 25.0. The van der Waals surface area contributed by atoms with E-state index in [1.165, 1.54) is 0 Å². The Balaban J connectivity index is 1.41. The van der Waals surface area contributed by atoms with Crippen molar-refractivity contribution >= 4 is 0 Å². The van der Waals surface area contributed by atoms with Gasteiger partial charge in [-0.05, 0) is 32.4 Å². The number of rotatable bonds is 5. The molecule has 2 saturated heterocycles. The average Bonchev–Trinajstić information content (AvgIpc) is 3.05. The Morgan fingerprint density at radius 3 is 2.68 bits per heavy atom. The quantitative estimate of drug-likeness (QED) is 0.831. The molecule has 124 valence electrons. The minimum absolute atomic E-state index is 0.274. The van der Waals surface area contributed by atoms with E-state index < -0.39 is 0 Å². The van der Waals surface area contributed by atoms with E-state index in [2.05, 4.69) is 28.9 Å². The van der Waals surface area contributed by atoms with Crippen molar-refractivity contribution in [3.8, 4) is 0 Å². The van der Waals surface area contributed by atoms with Crippen LogP contribution in [0.3, 0.4) is 0 Å². The summed E-state index contributed by atoms with van der Waals surface area (Å²) in [5, 5.41) is 4.08. The van der Waals surface area contributed by atoms with Crippen LogP contribution >= 0.6 is 0 Å². The van der Waals surface area contributed by atoms with Crippen LogP contribution in [0.2, 0.25) is 0 Å². The maximum absolute atomic E-state index is 5.70. The van der Waals surface area contributed by atoms with Gasteiger partial charge in [0, 0.05) is 18.4 Å². The van der Waals surface area contributed by atoms with Crippen molar-refractivity contribution in [2.75, 3.05) is 39.5 Å². The molecular weight excluding hydrogens is 282 g/mol. The molecule has 1 unspecified atom stereocenters. The average molecular weight is 309 g/mol. The summed E-state index contributed by atoms with van der Waals surface area (Å²) < 4.78 is 16.6. The van der Waals surface area contributed by atoms with Crippen molar-refractivity contribution in [3.05, 3.63) is 11.7 Å². The molecule has 6 nitrogen and oxygen atoms in total. The van der Waals surface area contributed by atoms with E-state index in [0.717, 1.165) is 70.4 Å². The molecule has 1 aromatic rings. The Morgan fingerprint density at radius 1 is 1.23 bits per heavy atom. The third-order valence-corrected chi connectivity index (χ3v) is 4.56. The first kappa shape index (κ1) is 15.9. The summed E-state index contributed by atoms with van der Waals surface area (Å²) in [5.74, 6) is 2.40. The third-order valence-electron chi connectivity index (χ3n) is 4.56. The summed E-state index contributed by atoms with van der Waals surface area (Å²) in [7, 11) is 0. The predicted molar refractivity (Wildman–Crippen MR) is 82.0 cm³/mol. The van der Waals surface area contributed by atoms with E-state index in [1.54, 1.807) is 0 Å². The fourth-order valence-corrected chi connectivity index (χ4v) is 3.08. The lowest BCUT2D eigenvalue weighted by molar-refractivity contribution is -0.0930. The second-order valence-electron chi connectivity index (χ2n) is 6.62. The van der Waals surface area contributed by atoms with Crippen molar-refractivity contribution < 1.29 is 14.0 Å². The highest BCUT2D eigenvalue weighted by Gasteiger charge is 2.26. The number of likely N-dealkylation sites (tertiary alicyclic amines) is 1. The fraction of sp³-hybridized carbons (Fsp3) is 0.875. The monoisotopic (exact) mass is 309 g/mol. The predicted octanol–water partition coefficient (Wildman–Crippen LogP) is 2.18. The van der Waals surface area contributed by atoms with Crippen LogP contribution in [0.5, 0.6) is 0 Å². The topological polar surface area (TPSA) is 60.6 Å². The lowest BCUT2D eigenvalue weighted by atomic mass is 9.96. The van der Waals surface area contributed by atoms with Gasteiger partial charge in [0.05, 0.1) is 25.9 Å². The van der Waals surface area contributed by atoms with E-state index in [0.29, 0.717) is 11.8 Å². The van der Waals surface area contributed by atoms with Gasteiger partial charge in [-0.25, -0.2) is 0 Å². The van der Waals surface area contributed by atoms with E-state index in [9.17, 15) is 0 Å².